The number of hydrogen-bond acceptors (Lipinski definition) is 4. The quantitative estimate of drug-likeness (QED) is 0.932. The summed E-state index contributed by atoms with van der Waals surface area (Å²) in [6.07, 6.45) is 8.40. The molecule has 0 radical (unpaired) electrons. The van der Waals surface area contributed by atoms with Crippen molar-refractivity contribution in [2.24, 2.45) is 11.3 Å². The molecule has 124 valence electrons. The molecule has 23 heavy (non-hydrogen) atoms. The van der Waals surface area contributed by atoms with Crippen molar-refractivity contribution in [3.8, 4) is 0 Å². The molecule has 6 heteroatoms. The molecule has 0 fully saturated rings. The van der Waals surface area contributed by atoms with Crippen LogP contribution in [0, 0.1) is 11.3 Å². The maximum atomic E-state index is 12.4. The number of carbonyl (C=O) groups excluding carboxylic acids is 1. The van der Waals surface area contributed by atoms with E-state index >= 15 is 0 Å². The summed E-state index contributed by atoms with van der Waals surface area (Å²) in [5.74, 6) is 0.630. The second kappa shape index (κ2) is 6.07. The van der Waals surface area contributed by atoms with Gasteiger partial charge in [-0.2, -0.15) is 0 Å². The van der Waals surface area contributed by atoms with Crippen LogP contribution in [0.4, 0.5) is 5.13 Å². The van der Waals surface area contributed by atoms with Gasteiger partial charge in [-0.05, 0) is 37.5 Å². The van der Waals surface area contributed by atoms with E-state index < -0.39 is 0 Å². The van der Waals surface area contributed by atoms with Crippen molar-refractivity contribution < 1.29 is 4.79 Å². The van der Waals surface area contributed by atoms with Gasteiger partial charge in [-0.3, -0.25) is 4.79 Å². The lowest BCUT2D eigenvalue weighted by Gasteiger charge is -2.33. The van der Waals surface area contributed by atoms with Crippen molar-refractivity contribution in [3.63, 3.8) is 0 Å². The fourth-order valence-electron chi connectivity index (χ4n) is 3.01. The number of nitrogens with one attached hydrogen (secondary N) is 1. The fourth-order valence-corrected chi connectivity index (χ4v) is 4.10. The van der Waals surface area contributed by atoms with Crippen LogP contribution in [0.15, 0.2) is 18.7 Å². The van der Waals surface area contributed by atoms with E-state index in [1.807, 2.05) is 6.92 Å². The number of aryl methyl sites for hydroxylation is 1. The van der Waals surface area contributed by atoms with Gasteiger partial charge in [-0.25, -0.2) is 9.97 Å². The predicted molar refractivity (Wildman–Crippen MR) is 92.7 cm³/mol. The first-order chi connectivity index (χ1) is 10.8. The Bertz CT molecular complexity index is 684. The molecule has 2 aromatic heterocycles. The average molecular weight is 332 g/mol. The highest BCUT2D eigenvalue weighted by atomic mass is 32.1. The summed E-state index contributed by atoms with van der Waals surface area (Å²) >= 11 is 1.63. The molecule has 5 nitrogen and oxygen atoms in total. The number of carbonyl (C=O) groups is 1. The molecule has 0 spiro atoms. The van der Waals surface area contributed by atoms with Gasteiger partial charge in [0.1, 0.15) is 6.04 Å². The van der Waals surface area contributed by atoms with Crippen LogP contribution in [-0.2, 0) is 17.6 Å². The van der Waals surface area contributed by atoms with Crippen molar-refractivity contribution in [2.75, 3.05) is 5.32 Å². The van der Waals surface area contributed by atoms with Crippen molar-refractivity contribution >= 4 is 22.4 Å². The van der Waals surface area contributed by atoms with E-state index in [1.54, 1.807) is 34.6 Å². The standard InChI is InChI=1S/C17H24N4OS/c1-11(21-8-7-18-10-21)15(22)20-16-19-13-6-5-12(17(2,3)4)9-14(13)23-16/h7-8,10-12H,5-6,9H2,1-4H3,(H,19,20,22)/t11-,12-/m0/s1. The zero-order chi connectivity index (χ0) is 16.6. The summed E-state index contributed by atoms with van der Waals surface area (Å²) < 4.78 is 1.79. The van der Waals surface area contributed by atoms with Crippen molar-refractivity contribution in [1.82, 2.24) is 14.5 Å². The number of nitrogens with zero attached hydrogens (tertiary/aromatic N) is 3. The summed E-state index contributed by atoms with van der Waals surface area (Å²) in [6, 6.07) is -0.291. The summed E-state index contributed by atoms with van der Waals surface area (Å²) in [7, 11) is 0. The SMILES string of the molecule is C[C@@H](C(=O)Nc1nc2c(s1)C[C@@H](C(C)(C)C)CC2)n1ccnc1. The van der Waals surface area contributed by atoms with Gasteiger partial charge in [-0.1, -0.05) is 20.8 Å². The predicted octanol–water partition coefficient (Wildman–Crippen LogP) is 3.69. The summed E-state index contributed by atoms with van der Waals surface area (Å²) in [4.78, 5) is 22.3. The second-order valence-corrected chi connectivity index (χ2v) is 8.45. The van der Waals surface area contributed by atoms with Gasteiger partial charge in [0, 0.05) is 17.3 Å². The molecule has 2 atom stereocenters. The molecule has 3 rings (SSSR count). The van der Waals surface area contributed by atoms with Gasteiger partial charge in [-0.15, -0.1) is 11.3 Å². The third-order valence-corrected chi connectivity index (χ3v) is 5.78. The topological polar surface area (TPSA) is 59.8 Å². The first-order valence-electron chi connectivity index (χ1n) is 8.11. The van der Waals surface area contributed by atoms with Crippen LogP contribution in [0.1, 0.15) is 50.7 Å². The number of thiazole rings is 1. The highest BCUT2D eigenvalue weighted by Gasteiger charge is 2.31. The van der Waals surface area contributed by atoms with Crippen molar-refractivity contribution in [3.05, 3.63) is 29.3 Å². The molecule has 1 aliphatic rings. The Hall–Kier alpha value is -1.69. The largest absolute Gasteiger partial charge is 0.325 e. The molecule has 2 aromatic rings. The van der Waals surface area contributed by atoms with E-state index in [0.717, 1.165) is 18.0 Å². The Kier molecular flexibility index (Phi) is 4.27. The highest BCUT2D eigenvalue weighted by Crippen LogP contribution is 2.40. The molecule has 0 aromatic carbocycles. The molecular formula is C17H24N4OS. The fraction of sp³-hybridized carbons (Fsp3) is 0.588. The van der Waals surface area contributed by atoms with E-state index in [-0.39, 0.29) is 11.9 Å². The van der Waals surface area contributed by atoms with Crippen molar-refractivity contribution in [2.45, 2.75) is 53.0 Å². The minimum atomic E-state index is -0.291. The summed E-state index contributed by atoms with van der Waals surface area (Å²) in [5.41, 5.74) is 1.49. The van der Waals surface area contributed by atoms with Crippen LogP contribution in [0.2, 0.25) is 0 Å². The molecule has 1 amide bonds. The minimum absolute atomic E-state index is 0.0542. The Balaban J connectivity index is 1.69. The number of anilines is 1. The zero-order valence-electron chi connectivity index (χ0n) is 14.2. The Morgan fingerprint density at radius 1 is 1.48 bits per heavy atom. The molecule has 0 aliphatic heterocycles. The van der Waals surface area contributed by atoms with Gasteiger partial charge >= 0.3 is 0 Å². The molecule has 0 saturated heterocycles. The number of imidazole rings is 1. The van der Waals surface area contributed by atoms with E-state index in [2.05, 4.69) is 36.1 Å². The van der Waals surface area contributed by atoms with Crippen LogP contribution in [0.25, 0.3) is 0 Å². The Morgan fingerprint density at radius 3 is 2.91 bits per heavy atom. The van der Waals surface area contributed by atoms with Gasteiger partial charge in [0.15, 0.2) is 5.13 Å². The molecule has 1 aliphatic carbocycles. The summed E-state index contributed by atoms with van der Waals surface area (Å²) in [5, 5.41) is 3.68. The first kappa shape index (κ1) is 16.2. The summed E-state index contributed by atoms with van der Waals surface area (Å²) in [6.45, 7) is 8.78. The van der Waals surface area contributed by atoms with E-state index in [0.29, 0.717) is 11.3 Å². The second-order valence-electron chi connectivity index (χ2n) is 7.37. The van der Waals surface area contributed by atoms with Gasteiger partial charge < -0.3 is 9.88 Å². The molecule has 0 saturated carbocycles. The Morgan fingerprint density at radius 2 is 2.26 bits per heavy atom. The number of amides is 1. The minimum Gasteiger partial charge on any atom is -0.325 e. The van der Waals surface area contributed by atoms with Crippen LogP contribution >= 0.6 is 11.3 Å². The third-order valence-electron chi connectivity index (χ3n) is 4.75. The number of hydrogen-bond donors (Lipinski definition) is 1. The van der Waals surface area contributed by atoms with Crippen LogP contribution < -0.4 is 5.32 Å². The lowest BCUT2D eigenvalue weighted by molar-refractivity contribution is -0.118. The van der Waals surface area contributed by atoms with E-state index in [1.165, 1.54) is 17.0 Å². The number of aromatic nitrogens is 3. The monoisotopic (exact) mass is 332 g/mol. The molecular weight excluding hydrogens is 308 g/mol. The Labute approximate surface area is 141 Å². The van der Waals surface area contributed by atoms with Crippen LogP contribution in [0.5, 0.6) is 0 Å². The smallest absolute Gasteiger partial charge is 0.248 e. The molecule has 1 N–H and O–H groups in total. The molecule has 0 unspecified atom stereocenters. The lowest BCUT2D eigenvalue weighted by Crippen LogP contribution is -2.26. The molecule has 0 bridgehead atoms. The average Bonchev–Trinajstić information content (AvgIpc) is 3.13. The maximum absolute atomic E-state index is 12.4. The zero-order valence-corrected chi connectivity index (χ0v) is 15.0. The first-order valence-corrected chi connectivity index (χ1v) is 8.93. The van der Waals surface area contributed by atoms with Gasteiger partial charge in [0.05, 0.1) is 12.0 Å². The highest BCUT2D eigenvalue weighted by molar-refractivity contribution is 7.15. The van der Waals surface area contributed by atoms with Gasteiger partial charge in [0.2, 0.25) is 5.91 Å². The third kappa shape index (κ3) is 3.47. The number of fused-ring (bicyclic) bond motifs is 1. The van der Waals surface area contributed by atoms with Crippen LogP contribution in [0.3, 0.4) is 0 Å². The van der Waals surface area contributed by atoms with E-state index in [4.69, 9.17) is 0 Å². The van der Waals surface area contributed by atoms with E-state index in [9.17, 15) is 4.79 Å². The van der Waals surface area contributed by atoms with Crippen LogP contribution in [-0.4, -0.2) is 20.4 Å². The van der Waals surface area contributed by atoms with Gasteiger partial charge in [0.25, 0.3) is 0 Å². The molecule has 2 heterocycles. The lowest BCUT2D eigenvalue weighted by atomic mass is 9.73. The normalized spacial score (nSPS) is 19.2. The van der Waals surface area contributed by atoms with Crippen molar-refractivity contribution in [1.29, 1.82) is 0 Å². The maximum Gasteiger partial charge on any atom is 0.248 e. The number of rotatable bonds is 3.